The summed E-state index contributed by atoms with van der Waals surface area (Å²) in [6.07, 6.45) is 0.942. The highest BCUT2D eigenvalue weighted by Crippen LogP contribution is 2.34. The van der Waals surface area contributed by atoms with Gasteiger partial charge >= 0.3 is 5.97 Å². The van der Waals surface area contributed by atoms with Crippen molar-refractivity contribution in [3.8, 4) is 0 Å². The van der Waals surface area contributed by atoms with Crippen LogP contribution < -0.4 is 0 Å². The lowest BCUT2D eigenvalue weighted by molar-refractivity contribution is -0.160. The standard InChI is InChI=1S/C18H22Cl2O6S/c1-9(2)15(21)12(17(23)26-18(3,4)5)16(22)10-7-8-11(27(6,24)25)14(20)13(10)19/h7-9,12H,1-6H3. The average Bonchev–Trinajstić information content (AvgIpc) is 2.46. The molecule has 0 radical (unpaired) electrons. The molecule has 1 aromatic rings. The predicted octanol–water partition coefficient (Wildman–Crippen LogP) is 3.76. The zero-order valence-electron chi connectivity index (χ0n) is 15.9. The van der Waals surface area contributed by atoms with E-state index in [-0.39, 0.29) is 20.5 Å². The number of halogens is 2. The maximum atomic E-state index is 12.9. The molecule has 0 aliphatic heterocycles. The van der Waals surface area contributed by atoms with Gasteiger partial charge in [0.05, 0.1) is 14.9 Å². The SMILES string of the molecule is CC(C)C(=O)C(C(=O)OC(C)(C)C)C(=O)c1ccc(S(C)(=O)=O)c(Cl)c1Cl. The Bertz CT molecular complexity index is 882. The van der Waals surface area contributed by atoms with Crippen LogP contribution in [0.3, 0.4) is 0 Å². The largest absolute Gasteiger partial charge is 0.459 e. The molecule has 0 heterocycles. The fourth-order valence-electron chi connectivity index (χ4n) is 2.21. The van der Waals surface area contributed by atoms with Crippen molar-refractivity contribution in [3.05, 3.63) is 27.7 Å². The lowest BCUT2D eigenvalue weighted by atomic mass is 9.88. The predicted molar refractivity (Wildman–Crippen MR) is 103 cm³/mol. The van der Waals surface area contributed by atoms with Crippen molar-refractivity contribution >= 4 is 50.6 Å². The third-order valence-electron chi connectivity index (χ3n) is 3.47. The van der Waals surface area contributed by atoms with Crippen LogP contribution in [0.1, 0.15) is 45.0 Å². The molecular weight excluding hydrogens is 415 g/mol. The summed E-state index contributed by atoms with van der Waals surface area (Å²) < 4.78 is 28.7. The van der Waals surface area contributed by atoms with E-state index in [4.69, 9.17) is 27.9 Å². The fourth-order valence-corrected chi connectivity index (χ4v) is 3.85. The molecule has 1 unspecified atom stereocenters. The second-order valence-corrected chi connectivity index (χ2v) is 10.1. The summed E-state index contributed by atoms with van der Waals surface area (Å²) in [5.41, 5.74) is -1.13. The highest BCUT2D eigenvalue weighted by atomic mass is 35.5. The van der Waals surface area contributed by atoms with Gasteiger partial charge in [-0.15, -0.1) is 0 Å². The topological polar surface area (TPSA) is 94.6 Å². The van der Waals surface area contributed by atoms with E-state index in [2.05, 4.69) is 0 Å². The number of benzene rings is 1. The van der Waals surface area contributed by atoms with Crippen LogP contribution in [0.25, 0.3) is 0 Å². The van der Waals surface area contributed by atoms with Gasteiger partial charge in [0, 0.05) is 17.7 Å². The van der Waals surface area contributed by atoms with E-state index in [9.17, 15) is 22.8 Å². The molecule has 0 aliphatic carbocycles. The van der Waals surface area contributed by atoms with E-state index in [1.54, 1.807) is 34.6 Å². The Labute approximate surface area is 169 Å². The minimum atomic E-state index is -3.68. The van der Waals surface area contributed by atoms with Gasteiger partial charge in [-0.05, 0) is 32.9 Å². The van der Waals surface area contributed by atoms with E-state index >= 15 is 0 Å². The minimum absolute atomic E-state index is 0.223. The number of carbonyl (C=O) groups excluding carboxylic acids is 3. The zero-order chi connectivity index (χ0) is 21.3. The average molecular weight is 437 g/mol. The lowest BCUT2D eigenvalue weighted by Gasteiger charge is -2.24. The number of ketones is 2. The molecule has 0 spiro atoms. The summed E-state index contributed by atoms with van der Waals surface area (Å²) in [4.78, 5) is 37.7. The molecule has 1 aromatic carbocycles. The van der Waals surface area contributed by atoms with Crippen LogP contribution in [0, 0.1) is 11.8 Å². The van der Waals surface area contributed by atoms with Crippen LogP contribution in [0.4, 0.5) is 0 Å². The molecule has 0 bridgehead atoms. The van der Waals surface area contributed by atoms with Gasteiger partial charge in [0.1, 0.15) is 5.60 Å². The Morgan fingerprint density at radius 1 is 1.04 bits per heavy atom. The summed E-state index contributed by atoms with van der Waals surface area (Å²) in [6.45, 7) is 7.92. The highest BCUT2D eigenvalue weighted by Gasteiger charge is 2.40. The van der Waals surface area contributed by atoms with Crippen molar-refractivity contribution in [2.24, 2.45) is 11.8 Å². The smallest absolute Gasteiger partial charge is 0.325 e. The molecule has 27 heavy (non-hydrogen) atoms. The Balaban J connectivity index is 3.49. The molecule has 0 aromatic heterocycles. The summed E-state index contributed by atoms with van der Waals surface area (Å²) >= 11 is 12.1. The Hall–Kier alpha value is -1.44. The number of ether oxygens (including phenoxy) is 1. The molecule has 0 saturated heterocycles. The van der Waals surface area contributed by atoms with Crippen molar-refractivity contribution in [1.29, 1.82) is 0 Å². The molecule has 0 fully saturated rings. The first-order valence-electron chi connectivity index (χ1n) is 8.06. The van der Waals surface area contributed by atoms with Crippen LogP contribution in [0.5, 0.6) is 0 Å². The third-order valence-corrected chi connectivity index (χ3v) is 5.60. The molecule has 9 heteroatoms. The second-order valence-electron chi connectivity index (χ2n) is 7.40. The van der Waals surface area contributed by atoms with Crippen LogP contribution in [0.2, 0.25) is 10.0 Å². The molecule has 6 nitrogen and oxygen atoms in total. The van der Waals surface area contributed by atoms with E-state index < -0.39 is 44.8 Å². The number of carbonyl (C=O) groups is 3. The third kappa shape index (κ3) is 5.77. The molecule has 0 N–H and O–H groups in total. The number of Topliss-reactive ketones (excluding diaryl/α,β-unsaturated/α-hetero) is 2. The molecule has 1 rings (SSSR count). The highest BCUT2D eigenvalue weighted by molar-refractivity contribution is 7.90. The molecule has 0 saturated carbocycles. The molecule has 150 valence electrons. The maximum Gasteiger partial charge on any atom is 0.325 e. The summed E-state index contributed by atoms with van der Waals surface area (Å²) in [5, 5.41) is -0.681. The lowest BCUT2D eigenvalue weighted by Crippen LogP contribution is -2.39. The fraction of sp³-hybridized carbons (Fsp3) is 0.500. The quantitative estimate of drug-likeness (QED) is 0.382. The van der Waals surface area contributed by atoms with Crippen molar-refractivity contribution in [2.45, 2.75) is 45.1 Å². The van der Waals surface area contributed by atoms with Gasteiger partial charge in [-0.1, -0.05) is 37.0 Å². The maximum absolute atomic E-state index is 12.9. The summed E-state index contributed by atoms with van der Waals surface area (Å²) in [7, 11) is -3.68. The minimum Gasteiger partial charge on any atom is -0.459 e. The van der Waals surface area contributed by atoms with Gasteiger partial charge < -0.3 is 4.74 Å². The van der Waals surface area contributed by atoms with Gasteiger partial charge in [0.2, 0.25) is 0 Å². The number of rotatable bonds is 6. The molecular formula is C18H22Cl2O6S. The summed E-state index contributed by atoms with van der Waals surface area (Å²) in [6, 6.07) is 2.25. The van der Waals surface area contributed by atoms with E-state index in [0.29, 0.717) is 0 Å². The van der Waals surface area contributed by atoms with Crippen molar-refractivity contribution < 1.29 is 27.5 Å². The van der Waals surface area contributed by atoms with Gasteiger partial charge in [0.15, 0.2) is 27.3 Å². The molecule has 0 aliphatic rings. The zero-order valence-corrected chi connectivity index (χ0v) is 18.3. The van der Waals surface area contributed by atoms with Gasteiger partial charge in [0.25, 0.3) is 0 Å². The summed E-state index contributed by atoms with van der Waals surface area (Å²) in [5.74, 6) is -4.85. The van der Waals surface area contributed by atoms with Crippen LogP contribution in [0.15, 0.2) is 17.0 Å². The first kappa shape index (κ1) is 23.6. The second kappa shape index (κ2) is 8.29. The van der Waals surface area contributed by atoms with Crippen molar-refractivity contribution in [2.75, 3.05) is 6.26 Å². The van der Waals surface area contributed by atoms with Crippen LogP contribution in [-0.4, -0.2) is 37.8 Å². The monoisotopic (exact) mass is 436 g/mol. The number of sulfone groups is 1. The first-order chi connectivity index (χ1) is 12.1. The normalized spacial score (nSPS) is 13.4. The van der Waals surface area contributed by atoms with Crippen LogP contribution in [-0.2, 0) is 24.2 Å². The van der Waals surface area contributed by atoms with E-state index in [1.807, 2.05) is 0 Å². The van der Waals surface area contributed by atoms with Gasteiger partial charge in [-0.2, -0.15) is 0 Å². The van der Waals surface area contributed by atoms with E-state index in [0.717, 1.165) is 18.4 Å². The van der Waals surface area contributed by atoms with Crippen molar-refractivity contribution in [1.82, 2.24) is 0 Å². The van der Waals surface area contributed by atoms with E-state index in [1.165, 1.54) is 0 Å². The molecule has 1 atom stereocenters. The number of hydrogen-bond acceptors (Lipinski definition) is 6. The Morgan fingerprint density at radius 3 is 1.96 bits per heavy atom. The number of hydrogen-bond donors (Lipinski definition) is 0. The molecule has 0 amide bonds. The number of esters is 1. The first-order valence-corrected chi connectivity index (χ1v) is 10.7. The van der Waals surface area contributed by atoms with Gasteiger partial charge in [-0.3, -0.25) is 14.4 Å². The Kier molecular flexibility index (Phi) is 7.24. The van der Waals surface area contributed by atoms with Crippen LogP contribution >= 0.6 is 23.2 Å². The van der Waals surface area contributed by atoms with Gasteiger partial charge in [-0.25, -0.2) is 8.42 Å². The van der Waals surface area contributed by atoms with Crippen molar-refractivity contribution in [3.63, 3.8) is 0 Å². The Morgan fingerprint density at radius 2 is 1.56 bits per heavy atom.